The van der Waals surface area contributed by atoms with Crippen LogP contribution in [0.2, 0.25) is 0 Å². The fourth-order valence-electron chi connectivity index (χ4n) is 0.463. The molecule has 12 heavy (non-hydrogen) atoms. The molecule has 0 N–H and O–H groups in total. The molecule has 0 saturated carbocycles. The van der Waals surface area contributed by atoms with Crippen LogP contribution in [0.25, 0.3) is 0 Å². The molecule has 3 nitrogen and oxygen atoms in total. The molecule has 0 rings (SSSR count). The van der Waals surface area contributed by atoms with Crippen molar-refractivity contribution >= 4 is 32.4 Å². The second kappa shape index (κ2) is 6.46. The predicted molar refractivity (Wildman–Crippen MR) is 54.2 cm³/mol. The highest BCUT2D eigenvalue weighted by Gasteiger charge is 2.07. The molecule has 74 valence electrons. The molecule has 0 fully saturated rings. The van der Waals surface area contributed by atoms with E-state index in [9.17, 15) is 9.79 Å². The van der Waals surface area contributed by atoms with Crippen molar-refractivity contribution in [2.24, 2.45) is 0 Å². The fraction of sp³-hybridized carbons (Fsp3) is 1.00. The Labute approximate surface area is 84.2 Å². The van der Waals surface area contributed by atoms with Gasteiger partial charge in [-0.05, 0) is 0 Å². The lowest BCUT2D eigenvalue weighted by molar-refractivity contribution is -0.298. The van der Waals surface area contributed by atoms with Crippen molar-refractivity contribution < 1.29 is 9.79 Å². The minimum absolute atomic E-state index is 0.296. The van der Waals surface area contributed by atoms with E-state index in [1.165, 1.54) is 27.4 Å². The average molecular weight is 227 g/mol. The summed E-state index contributed by atoms with van der Waals surface area (Å²) in [6.45, 7) is 7.88. The molecule has 0 aliphatic heterocycles. The lowest BCUT2D eigenvalue weighted by Crippen LogP contribution is -2.21. The Morgan fingerprint density at radius 2 is 1.33 bits per heavy atom. The van der Waals surface area contributed by atoms with Gasteiger partial charge in [-0.1, -0.05) is 51.6 Å². The average Bonchev–Trinajstić information content (AvgIpc) is 1.83. The van der Waals surface area contributed by atoms with Gasteiger partial charge >= 0.3 is 0 Å². The van der Waals surface area contributed by atoms with Crippen LogP contribution in [0.5, 0.6) is 0 Å². The van der Waals surface area contributed by atoms with Gasteiger partial charge < -0.3 is 9.79 Å². The monoisotopic (exact) mass is 227 g/mol. The molecule has 0 atom stereocenters. The third-order valence-corrected chi connectivity index (χ3v) is 4.09. The van der Waals surface area contributed by atoms with Gasteiger partial charge in [0, 0.05) is 10.5 Å². The van der Waals surface area contributed by atoms with Gasteiger partial charge in [0.05, 0.1) is 0 Å². The van der Waals surface area contributed by atoms with Crippen LogP contribution in [-0.4, -0.2) is 14.0 Å². The molecule has 6 heteroatoms. The number of hydrogen-bond donors (Lipinski definition) is 0. The molecule has 0 amide bonds. The molecule has 0 bridgehead atoms. The molecule has 0 aromatic carbocycles. The molecular weight excluding hydrogens is 213 g/mol. The summed E-state index contributed by atoms with van der Waals surface area (Å²) < 4.78 is 1.35. The van der Waals surface area contributed by atoms with Crippen molar-refractivity contribution in [2.75, 3.05) is 0 Å². The zero-order valence-electron chi connectivity index (χ0n) is 7.68. The Morgan fingerprint density at radius 3 is 1.50 bits per heavy atom. The number of hydrogen-bond acceptors (Lipinski definition) is 5. The van der Waals surface area contributed by atoms with E-state index in [-0.39, 0.29) is 0 Å². The summed E-state index contributed by atoms with van der Waals surface area (Å²) in [6.07, 6.45) is 0. The minimum Gasteiger partial charge on any atom is -0.828 e. The first kappa shape index (κ1) is 13.0. The maximum Gasteiger partial charge on any atom is 0.0149 e. The Hall–Kier alpha value is 1.01. The summed E-state index contributed by atoms with van der Waals surface area (Å²) in [5.41, 5.74) is 0. The fourth-order valence-corrected chi connectivity index (χ4v) is 4.16. The molecule has 0 aliphatic carbocycles. The highest BCUT2D eigenvalue weighted by atomic mass is 32.2. The van der Waals surface area contributed by atoms with Gasteiger partial charge in [0.15, 0.2) is 0 Å². The molecule has 0 aliphatic rings. The van der Waals surface area contributed by atoms with Crippen LogP contribution in [-0.2, 0) is 0 Å². The first-order chi connectivity index (χ1) is 5.43. The third-order valence-electron chi connectivity index (χ3n) is 0.735. The Kier molecular flexibility index (Phi) is 7.01. The standard InChI is InChI=1S/C6H14NO2PS2/c1-5(2)11-7(10(8)9)12-6(3)4/h5-6H,1-4H3/q-2. The van der Waals surface area contributed by atoms with Gasteiger partial charge in [0.1, 0.15) is 0 Å². The van der Waals surface area contributed by atoms with Crippen LogP contribution in [0, 0.1) is 0 Å². The van der Waals surface area contributed by atoms with E-state index in [1.807, 2.05) is 27.7 Å². The van der Waals surface area contributed by atoms with E-state index >= 15 is 0 Å². The van der Waals surface area contributed by atoms with Gasteiger partial charge in [-0.15, -0.1) is 0 Å². The molecule has 0 saturated heterocycles. The third kappa shape index (κ3) is 6.52. The van der Waals surface area contributed by atoms with E-state index < -0.39 is 8.53 Å². The molecule has 0 heterocycles. The van der Waals surface area contributed by atoms with E-state index in [1.54, 1.807) is 0 Å². The molecule has 0 aromatic heterocycles. The summed E-state index contributed by atoms with van der Waals surface area (Å²) in [5.74, 6) is 0. The van der Waals surface area contributed by atoms with Crippen molar-refractivity contribution in [1.82, 2.24) is 3.48 Å². The lowest BCUT2D eigenvalue weighted by atomic mass is 10.6. The highest BCUT2D eigenvalue weighted by molar-refractivity contribution is 8.17. The summed E-state index contributed by atoms with van der Waals surface area (Å²) in [7, 11) is -2.47. The SMILES string of the molecule is CC(C)SN(SC(C)C)P([O-])[O-]. The number of nitrogens with zero attached hydrogens (tertiary/aromatic N) is 1. The van der Waals surface area contributed by atoms with Crippen molar-refractivity contribution in [3.63, 3.8) is 0 Å². The molecule has 0 radical (unpaired) electrons. The largest absolute Gasteiger partial charge is 0.828 e. The van der Waals surface area contributed by atoms with Gasteiger partial charge in [-0.3, -0.25) is 0 Å². The van der Waals surface area contributed by atoms with Gasteiger partial charge in [0.25, 0.3) is 0 Å². The smallest absolute Gasteiger partial charge is 0.0149 e. The summed E-state index contributed by atoms with van der Waals surface area (Å²) in [5, 5.41) is 0.591. The quantitative estimate of drug-likeness (QED) is 0.524. The summed E-state index contributed by atoms with van der Waals surface area (Å²) in [6, 6.07) is 0. The number of rotatable bonds is 5. The second-order valence-electron chi connectivity index (χ2n) is 2.78. The Balaban J connectivity index is 3.87. The van der Waals surface area contributed by atoms with Crippen LogP contribution in [0.1, 0.15) is 27.7 Å². The molecule has 0 aromatic rings. The lowest BCUT2D eigenvalue weighted by Gasteiger charge is -2.42. The predicted octanol–water partition coefficient (Wildman–Crippen LogP) is 1.35. The maximum absolute atomic E-state index is 10.7. The van der Waals surface area contributed by atoms with Crippen LogP contribution in [0.3, 0.4) is 0 Å². The minimum atomic E-state index is -2.47. The zero-order chi connectivity index (χ0) is 9.72. The summed E-state index contributed by atoms with van der Waals surface area (Å²) >= 11 is 2.67. The van der Waals surface area contributed by atoms with Crippen molar-refractivity contribution in [3.8, 4) is 0 Å². The zero-order valence-corrected chi connectivity index (χ0v) is 10.2. The molecule has 0 unspecified atom stereocenters. The Bertz CT molecular complexity index is 114. The van der Waals surface area contributed by atoms with E-state index in [4.69, 9.17) is 0 Å². The van der Waals surface area contributed by atoms with E-state index in [2.05, 4.69) is 0 Å². The van der Waals surface area contributed by atoms with Crippen molar-refractivity contribution in [3.05, 3.63) is 0 Å². The van der Waals surface area contributed by atoms with Gasteiger partial charge in [-0.2, -0.15) is 0 Å². The van der Waals surface area contributed by atoms with Gasteiger partial charge in [0.2, 0.25) is 0 Å². The van der Waals surface area contributed by atoms with E-state index in [0.29, 0.717) is 10.5 Å². The molecule has 0 spiro atoms. The Morgan fingerprint density at radius 1 is 1.00 bits per heavy atom. The van der Waals surface area contributed by atoms with E-state index in [0.717, 1.165) is 0 Å². The van der Waals surface area contributed by atoms with Gasteiger partial charge in [-0.25, -0.2) is 12.0 Å². The normalized spacial score (nSPS) is 12.5. The first-order valence-electron chi connectivity index (χ1n) is 3.71. The van der Waals surface area contributed by atoms with Crippen molar-refractivity contribution in [1.29, 1.82) is 0 Å². The molecular formula is C6H14NO2PS2-2. The topological polar surface area (TPSA) is 49.4 Å². The van der Waals surface area contributed by atoms with Crippen LogP contribution in [0.15, 0.2) is 0 Å². The maximum atomic E-state index is 10.7. The summed E-state index contributed by atoms with van der Waals surface area (Å²) in [4.78, 5) is 21.4. The van der Waals surface area contributed by atoms with Crippen LogP contribution < -0.4 is 9.79 Å². The van der Waals surface area contributed by atoms with Crippen molar-refractivity contribution in [2.45, 2.75) is 38.2 Å². The van der Waals surface area contributed by atoms with Crippen LogP contribution >= 0.6 is 32.4 Å². The first-order valence-corrected chi connectivity index (χ1v) is 6.51. The second-order valence-corrected chi connectivity index (χ2v) is 7.47. The highest BCUT2D eigenvalue weighted by Crippen LogP contribution is 2.41. The van der Waals surface area contributed by atoms with Crippen LogP contribution in [0.4, 0.5) is 0 Å².